The van der Waals surface area contributed by atoms with Gasteiger partial charge < -0.3 is 5.32 Å². The molecule has 1 aromatic carbocycles. The van der Waals surface area contributed by atoms with Crippen molar-refractivity contribution in [3.63, 3.8) is 0 Å². The Morgan fingerprint density at radius 3 is 2.62 bits per heavy atom. The van der Waals surface area contributed by atoms with Crippen LogP contribution in [0.2, 0.25) is 5.02 Å². The van der Waals surface area contributed by atoms with Crippen molar-refractivity contribution in [1.29, 1.82) is 0 Å². The summed E-state index contributed by atoms with van der Waals surface area (Å²) < 4.78 is 1.89. The van der Waals surface area contributed by atoms with Gasteiger partial charge in [0.25, 0.3) is 5.91 Å². The molecule has 8 heteroatoms. The molecule has 0 radical (unpaired) electrons. The number of carbonyl (C=O) groups is 1. The number of benzene rings is 1. The predicted octanol–water partition coefficient (Wildman–Crippen LogP) is 6.07. The van der Waals surface area contributed by atoms with Crippen LogP contribution in [0.4, 0.5) is 0 Å². The van der Waals surface area contributed by atoms with Crippen LogP contribution in [0.15, 0.2) is 47.8 Å². The molecule has 1 N–H and O–H groups in total. The summed E-state index contributed by atoms with van der Waals surface area (Å²) in [5.74, 6) is -0.0264. The Hall–Kier alpha value is -2.19. The Kier molecular flexibility index (Phi) is 6.07. The highest BCUT2D eigenvalue weighted by atomic mass is 35.5. The van der Waals surface area contributed by atoms with Gasteiger partial charge >= 0.3 is 0 Å². The van der Waals surface area contributed by atoms with Crippen molar-refractivity contribution in [2.45, 2.75) is 38.8 Å². The number of hydrogen-bond donors (Lipinski definition) is 1. The molecule has 0 bridgehead atoms. The molecule has 1 saturated heterocycles. The normalized spacial score (nSPS) is 16.5. The molecule has 1 fully saturated rings. The smallest absolute Gasteiger partial charge is 0.261 e. The standard InChI is InChI=1S/C24H25ClN4OS2/c1-15-19-14-21(32-24(19)29(27-15)18-9-7-17(25)8-10-18)23(30)26-16(2)22(20-6-5-13-31-20)28-11-3-4-12-28/h5-10,13-14,16,22H,3-4,11-12H2,1-2H3,(H,26,30)/t16-,22+/m1/s1. The van der Waals surface area contributed by atoms with Gasteiger partial charge in [-0.1, -0.05) is 17.7 Å². The first-order chi connectivity index (χ1) is 15.5. The zero-order valence-corrected chi connectivity index (χ0v) is 20.4. The summed E-state index contributed by atoms with van der Waals surface area (Å²) in [5, 5.41) is 11.8. The summed E-state index contributed by atoms with van der Waals surface area (Å²) in [6, 6.07) is 14.0. The molecule has 1 amide bonds. The average Bonchev–Trinajstić information content (AvgIpc) is 3.56. The van der Waals surface area contributed by atoms with E-state index >= 15 is 0 Å². The molecular formula is C24H25ClN4OS2. The third kappa shape index (κ3) is 4.10. The number of aromatic nitrogens is 2. The largest absolute Gasteiger partial charge is 0.347 e. The van der Waals surface area contributed by atoms with E-state index in [-0.39, 0.29) is 18.0 Å². The molecule has 0 aliphatic carbocycles. The van der Waals surface area contributed by atoms with Gasteiger partial charge in [0, 0.05) is 21.3 Å². The maximum absolute atomic E-state index is 13.3. The second kappa shape index (κ2) is 8.98. The molecule has 4 aromatic rings. The molecule has 32 heavy (non-hydrogen) atoms. The summed E-state index contributed by atoms with van der Waals surface area (Å²) in [5.41, 5.74) is 1.84. The van der Waals surface area contributed by atoms with Crippen LogP contribution in [0.5, 0.6) is 0 Å². The molecule has 3 aromatic heterocycles. The fourth-order valence-corrected chi connectivity index (χ4v) is 6.67. The first kappa shape index (κ1) is 21.6. The lowest BCUT2D eigenvalue weighted by Gasteiger charge is -2.32. The number of amides is 1. The van der Waals surface area contributed by atoms with Gasteiger partial charge in [-0.25, -0.2) is 4.68 Å². The van der Waals surface area contributed by atoms with E-state index in [2.05, 4.69) is 39.8 Å². The fourth-order valence-electron chi connectivity index (χ4n) is 4.50. The van der Waals surface area contributed by atoms with E-state index in [0.717, 1.165) is 34.7 Å². The molecule has 0 saturated carbocycles. The average molecular weight is 485 g/mol. The van der Waals surface area contributed by atoms with E-state index in [1.165, 1.54) is 29.1 Å². The number of nitrogens with one attached hydrogen (secondary N) is 1. The second-order valence-corrected chi connectivity index (χ2v) is 10.7. The monoisotopic (exact) mass is 484 g/mol. The highest BCUT2D eigenvalue weighted by molar-refractivity contribution is 7.20. The number of likely N-dealkylation sites (tertiary alicyclic amines) is 1. The minimum atomic E-state index is -0.0264. The predicted molar refractivity (Wildman–Crippen MR) is 133 cm³/mol. The zero-order valence-electron chi connectivity index (χ0n) is 18.0. The van der Waals surface area contributed by atoms with Crippen LogP contribution >= 0.6 is 34.3 Å². The zero-order chi connectivity index (χ0) is 22.2. The number of rotatable bonds is 6. The van der Waals surface area contributed by atoms with Gasteiger partial charge in [0.2, 0.25) is 0 Å². The van der Waals surface area contributed by atoms with E-state index in [0.29, 0.717) is 9.90 Å². The minimum Gasteiger partial charge on any atom is -0.347 e. The van der Waals surface area contributed by atoms with Crippen LogP contribution in [-0.4, -0.2) is 39.7 Å². The molecule has 1 aliphatic heterocycles. The number of halogens is 1. The Bertz CT molecular complexity index is 1220. The Morgan fingerprint density at radius 2 is 1.94 bits per heavy atom. The van der Waals surface area contributed by atoms with Crippen LogP contribution in [0.3, 0.4) is 0 Å². The number of hydrogen-bond acceptors (Lipinski definition) is 5. The first-order valence-corrected chi connectivity index (χ1v) is 12.9. The Labute approximate surface area is 200 Å². The third-order valence-electron chi connectivity index (χ3n) is 6.04. The lowest BCUT2D eigenvalue weighted by atomic mass is 10.1. The van der Waals surface area contributed by atoms with Gasteiger partial charge in [0.15, 0.2) is 0 Å². The van der Waals surface area contributed by atoms with E-state index in [9.17, 15) is 4.79 Å². The summed E-state index contributed by atoms with van der Waals surface area (Å²) in [7, 11) is 0. The molecule has 2 atom stereocenters. The van der Waals surface area contributed by atoms with Gasteiger partial charge in [-0.15, -0.1) is 22.7 Å². The van der Waals surface area contributed by atoms with Crippen LogP contribution in [0, 0.1) is 6.92 Å². The number of carbonyl (C=O) groups excluding carboxylic acids is 1. The van der Waals surface area contributed by atoms with Gasteiger partial charge in [-0.2, -0.15) is 5.10 Å². The summed E-state index contributed by atoms with van der Waals surface area (Å²) >= 11 is 9.29. The van der Waals surface area contributed by atoms with Crippen molar-refractivity contribution >= 4 is 50.4 Å². The SMILES string of the molecule is Cc1nn(-c2ccc(Cl)cc2)c2sc(C(=O)N[C@H](C)[C@@H](c3cccs3)N3CCCC3)cc12. The number of nitrogens with zero attached hydrogens (tertiary/aromatic N) is 3. The molecule has 5 rings (SSSR count). The topological polar surface area (TPSA) is 50.2 Å². The Balaban J connectivity index is 1.41. The van der Waals surface area contributed by atoms with Crippen molar-refractivity contribution in [2.75, 3.05) is 13.1 Å². The highest BCUT2D eigenvalue weighted by Crippen LogP contribution is 2.33. The van der Waals surface area contributed by atoms with Crippen molar-refractivity contribution in [3.8, 4) is 5.69 Å². The molecule has 166 valence electrons. The van der Waals surface area contributed by atoms with E-state index in [1.807, 2.05) is 41.9 Å². The van der Waals surface area contributed by atoms with E-state index < -0.39 is 0 Å². The third-order valence-corrected chi connectivity index (χ3v) is 8.35. The summed E-state index contributed by atoms with van der Waals surface area (Å²) in [6.07, 6.45) is 2.44. The van der Waals surface area contributed by atoms with Crippen molar-refractivity contribution < 1.29 is 4.79 Å². The lowest BCUT2D eigenvalue weighted by molar-refractivity contribution is 0.0912. The summed E-state index contributed by atoms with van der Waals surface area (Å²) in [6.45, 7) is 6.27. The van der Waals surface area contributed by atoms with E-state index in [4.69, 9.17) is 11.6 Å². The summed E-state index contributed by atoms with van der Waals surface area (Å²) in [4.78, 5) is 18.7. The second-order valence-electron chi connectivity index (χ2n) is 8.27. The maximum Gasteiger partial charge on any atom is 0.261 e. The van der Waals surface area contributed by atoms with Crippen LogP contribution in [0.25, 0.3) is 15.9 Å². The van der Waals surface area contributed by atoms with Crippen LogP contribution < -0.4 is 5.32 Å². The van der Waals surface area contributed by atoms with Crippen molar-refractivity contribution in [3.05, 3.63) is 68.3 Å². The van der Waals surface area contributed by atoms with Crippen LogP contribution in [0.1, 0.15) is 46.0 Å². The highest BCUT2D eigenvalue weighted by Gasteiger charge is 2.30. The molecule has 0 unspecified atom stereocenters. The molecule has 1 aliphatic rings. The molecular weight excluding hydrogens is 460 g/mol. The Morgan fingerprint density at radius 1 is 1.19 bits per heavy atom. The van der Waals surface area contributed by atoms with Crippen molar-refractivity contribution in [2.24, 2.45) is 0 Å². The van der Waals surface area contributed by atoms with Gasteiger partial charge in [-0.05, 0) is 81.6 Å². The van der Waals surface area contributed by atoms with Crippen LogP contribution in [-0.2, 0) is 0 Å². The van der Waals surface area contributed by atoms with Gasteiger partial charge in [0.1, 0.15) is 4.83 Å². The quantitative estimate of drug-likeness (QED) is 0.361. The van der Waals surface area contributed by atoms with Crippen molar-refractivity contribution in [1.82, 2.24) is 20.0 Å². The first-order valence-electron chi connectivity index (χ1n) is 10.8. The molecule has 4 heterocycles. The maximum atomic E-state index is 13.3. The molecule has 0 spiro atoms. The number of aryl methyl sites for hydroxylation is 1. The lowest BCUT2D eigenvalue weighted by Crippen LogP contribution is -2.43. The van der Waals surface area contributed by atoms with Gasteiger partial charge in [-0.3, -0.25) is 9.69 Å². The van der Waals surface area contributed by atoms with Gasteiger partial charge in [0.05, 0.1) is 22.3 Å². The number of thiophene rings is 2. The van der Waals surface area contributed by atoms with E-state index in [1.54, 1.807) is 11.3 Å². The molecule has 5 nitrogen and oxygen atoms in total. The minimum absolute atomic E-state index is 0.0123. The fraction of sp³-hybridized carbons (Fsp3) is 0.333. The number of fused-ring (bicyclic) bond motifs is 1.